The van der Waals surface area contributed by atoms with E-state index < -0.39 is 7.87 Å². The molecule has 0 atom stereocenters. The van der Waals surface area contributed by atoms with Gasteiger partial charge in [-0.2, -0.15) is 5.50 Å². The number of hydrogen-bond donors (Lipinski definition) is 1. The third-order valence-electron chi connectivity index (χ3n) is 3.44. The SMILES string of the molecule is CCN(CC)[P+](N)(N(CC)CC)N(CC)CC.[Cl-]. The summed E-state index contributed by atoms with van der Waals surface area (Å²) in [5.41, 5.74) is 6.88. The molecule has 0 unspecified atom stereocenters. The molecule has 4 nitrogen and oxygen atoms in total. The molecule has 0 fully saturated rings. The van der Waals surface area contributed by atoms with Crippen molar-refractivity contribution in [3.05, 3.63) is 0 Å². The number of halogens is 1. The van der Waals surface area contributed by atoms with E-state index in [-0.39, 0.29) is 12.4 Å². The van der Waals surface area contributed by atoms with Gasteiger partial charge in [-0.1, -0.05) is 0 Å². The zero-order chi connectivity index (χ0) is 13.5. The highest BCUT2D eigenvalue weighted by Gasteiger charge is 2.50. The van der Waals surface area contributed by atoms with Gasteiger partial charge >= 0.3 is 7.87 Å². The molecular weight excluding hydrogens is 267 g/mol. The van der Waals surface area contributed by atoms with E-state index in [0.717, 1.165) is 39.3 Å². The van der Waals surface area contributed by atoms with Crippen molar-refractivity contribution in [2.24, 2.45) is 5.50 Å². The van der Waals surface area contributed by atoms with Gasteiger partial charge in [0.25, 0.3) is 0 Å². The Morgan fingerprint density at radius 2 is 0.778 bits per heavy atom. The predicted molar refractivity (Wildman–Crippen MR) is 79.9 cm³/mol. The van der Waals surface area contributed by atoms with Crippen molar-refractivity contribution in [3.8, 4) is 0 Å². The average Bonchev–Trinajstić information content (AvgIpc) is 2.33. The molecular formula is C12H32ClN4P. The maximum Gasteiger partial charge on any atom is 0.303 e. The monoisotopic (exact) mass is 298 g/mol. The zero-order valence-corrected chi connectivity index (χ0v) is 14.6. The van der Waals surface area contributed by atoms with E-state index in [1.54, 1.807) is 0 Å². The van der Waals surface area contributed by atoms with E-state index in [4.69, 9.17) is 5.50 Å². The van der Waals surface area contributed by atoms with Crippen LogP contribution in [-0.4, -0.2) is 53.3 Å². The van der Waals surface area contributed by atoms with E-state index in [0.29, 0.717) is 0 Å². The van der Waals surface area contributed by atoms with Gasteiger partial charge < -0.3 is 12.4 Å². The molecule has 0 aliphatic rings. The fourth-order valence-corrected chi connectivity index (χ4v) is 6.03. The lowest BCUT2D eigenvalue weighted by atomic mass is 10.7. The van der Waals surface area contributed by atoms with Crippen LogP contribution >= 0.6 is 7.87 Å². The van der Waals surface area contributed by atoms with Gasteiger partial charge in [-0.05, 0) is 41.5 Å². The molecule has 0 rings (SSSR count). The summed E-state index contributed by atoms with van der Waals surface area (Å²) in [6.45, 7) is 19.4. The molecule has 0 radical (unpaired) electrons. The Bertz CT molecular complexity index is 163. The quantitative estimate of drug-likeness (QED) is 0.591. The Hall–Kier alpha value is 0.560. The molecule has 6 heteroatoms. The van der Waals surface area contributed by atoms with Crippen molar-refractivity contribution < 1.29 is 12.4 Å². The van der Waals surface area contributed by atoms with Gasteiger partial charge in [0.15, 0.2) is 0 Å². The highest BCUT2D eigenvalue weighted by atomic mass is 35.5. The first-order valence-corrected chi connectivity index (χ1v) is 8.71. The molecule has 0 saturated heterocycles. The largest absolute Gasteiger partial charge is 1.00 e. The first-order valence-electron chi connectivity index (χ1n) is 7.00. The van der Waals surface area contributed by atoms with Crippen LogP contribution in [0, 0.1) is 0 Å². The topological polar surface area (TPSA) is 35.7 Å². The van der Waals surface area contributed by atoms with Crippen LogP contribution in [0.4, 0.5) is 0 Å². The van der Waals surface area contributed by atoms with Crippen LogP contribution in [-0.2, 0) is 0 Å². The molecule has 0 aromatic heterocycles. The summed E-state index contributed by atoms with van der Waals surface area (Å²) in [6.07, 6.45) is 0. The summed E-state index contributed by atoms with van der Waals surface area (Å²) in [7, 11) is -1.80. The summed E-state index contributed by atoms with van der Waals surface area (Å²) in [4.78, 5) is 0. The molecule has 0 spiro atoms. The highest BCUT2D eigenvalue weighted by Crippen LogP contribution is 2.60. The third-order valence-corrected chi connectivity index (χ3v) is 7.63. The van der Waals surface area contributed by atoms with E-state index in [1.165, 1.54) is 0 Å². The van der Waals surface area contributed by atoms with E-state index in [1.807, 2.05) is 0 Å². The lowest BCUT2D eigenvalue weighted by Crippen LogP contribution is -3.00. The predicted octanol–water partition coefficient (Wildman–Crippen LogP) is -0.348. The van der Waals surface area contributed by atoms with Crippen LogP contribution in [0.1, 0.15) is 41.5 Å². The van der Waals surface area contributed by atoms with Crippen molar-refractivity contribution in [2.75, 3.05) is 39.3 Å². The second kappa shape index (κ2) is 10.4. The van der Waals surface area contributed by atoms with E-state index >= 15 is 0 Å². The van der Waals surface area contributed by atoms with Crippen LogP contribution in [0.2, 0.25) is 0 Å². The zero-order valence-electron chi connectivity index (χ0n) is 13.0. The average molecular weight is 299 g/mol. The summed E-state index contributed by atoms with van der Waals surface area (Å²) in [5, 5.41) is 0. The molecule has 0 saturated carbocycles. The van der Waals surface area contributed by atoms with Gasteiger partial charge in [0, 0.05) is 39.3 Å². The van der Waals surface area contributed by atoms with Crippen molar-refractivity contribution in [1.29, 1.82) is 0 Å². The summed E-state index contributed by atoms with van der Waals surface area (Å²) in [5.74, 6) is 0. The van der Waals surface area contributed by atoms with Crippen LogP contribution in [0.25, 0.3) is 0 Å². The molecule has 2 N–H and O–H groups in total. The van der Waals surface area contributed by atoms with Crippen molar-refractivity contribution >= 4 is 7.87 Å². The van der Waals surface area contributed by atoms with E-state index in [2.05, 4.69) is 55.6 Å². The molecule has 0 aromatic rings. The van der Waals surface area contributed by atoms with Crippen LogP contribution in [0.15, 0.2) is 0 Å². The van der Waals surface area contributed by atoms with E-state index in [9.17, 15) is 0 Å². The molecule has 18 heavy (non-hydrogen) atoms. The first kappa shape index (κ1) is 20.9. The number of nitrogens with two attached hydrogens (primary N) is 1. The van der Waals surface area contributed by atoms with Gasteiger partial charge in [-0.3, -0.25) is 0 Å². The first-order chi connectivity index (χ1) is 8.06. The Kier molecular flexibility index (Phi) is 12.0. The molecule has 0 heterocycles. The minimum atomic E-state index is -1.80. The summed E-state index contributed by atoms with van der Waals surface area (Å²) < 4.78 is 7.35. The fourth-order valence-electron chi connectivity index (χ4n) is 2.46. The maximum atomic E-state index is 6.88. The molecule has 0 aliphatic heterocycles. The van der Waals surface area contributed by atoms with Crippen molar-refractivity contribution in [3.63, 3.8) is 0 Å². The second-order valence-electron chi connectivity index (χ2n) is 4.03. The Labute approximate surface area is 121 Å². The molecule has 112 valence electrons. The second-order valence-corrected chi connectivity index (χ2v) is 6.96. The number of nitrogens with zero attached hydrogens (tertiary/aromatic N) is 3. The third kappa shape index (κ3) is 4.29. The van der Waals surface area contributed by atoms with Gasteiger partial charge in [0.2, 0.25) is 0 Å². The van der Waals surface area contributed by atoms with Gasteiger partial charge in [0.1, 0.15) is 0 Å². The number of rotatable bonds is 9. The van der Waals surface area contributed by atoms with Gasteiger partial charge in [-0.25, -0.2) is 0 Å². The van der Waals surface area contributed by atoms with Gasteiger partial charge in [-0.15, -0.1) is 14.0 Å². The standard InChI is InChI=1S/C12H32N4P.ClH/c1-7-14(8-2)17(13,15(9-3)10-4)16(11-5)12-6;/h7-13H2,1-6H3;1H/q+1;/p-1. The van der Waals surface area contributed by atoms with Crippen LogP contribution < -0.4 is 17.9 Å². The number of hydrogen-bond acceptors (Lipinski definition) is 4. The summed E-state index contributed by atoms with van der Waals surface area (Å²) >= 11 is 0. The minimum absolute atomic E-state index is 0. The van der Waals surface area contributed by atoms with Crippen molar-refractivity contribution in [2.45, 2.75) is 41.5 Å². The molecule has 0 bridgehead atoms. The lowest BCUT2D eigenvalue weighted by molar-refractivity contribution is -0.00000471. The minimum Gasteiger partial charge on any atom is -1.00 e. The highest BCUT2D eigenvalue weighted by molar-refractivity contribution is 7.66. The van der Waals surface area contributed by atoms with Gasteiger partial charge in [0.05, 0.1) is 0 Å². The molecule has 0 aliphatic carbocycles. The summed E-state index contributed by atoms with van der Waals surface area (Å²) in [6, 6.07) is 0. The normalized spacial score (nSPS) is 12.3. The fraction of sp³-hybridized carbons (Fsp3) is 1.00. The van der Waals surface area contributed by atoms with Crippen molar-refractivity contribution in [1.82, 2.24) is 14.0 Å². The smallest absolute Gasteiger partial charge is 0.303 e. The lowest BCUT2D eigenvalue weighted by Gasteiger charge is -2.42. The van der Waals surface area contributed by atoms with Crippen LogP contribution in [0.5, 0.6) is 0 Å². The molecule has 0 amide bonds. The van der Waals surface area contributed by atoms with Crippen LogP contribution in [0.3, 0.4) is 0 Å². The maximum absolute atomic E-state index is 6.88. The Morgan fingerprint density at radius 3 is 0.889 bits per heavy atom. The Balaban J connectivity index is 0. The molecule has 0 aromatic carbocycles. The Morgan fingerprint density at radius 1 is 0.611 bits per heavy atom.